The number of nitrogens with one attached hydrogen (secondary N) is 2. The van der Waals surface area contributed by atoms with Gasteiger partial charge >= 0.3 is 0 Å². The number of amides is 1. The van der Waals surface area contributed by atoms with Crippen LogP contribution in [0, 0.1) is 0 Å². The number of aromatic nitrogens is 2. The van der Waals surface area contributed by atoms with Crippen molar-refractivity contribution in [3.8, 4) is 0 Å². The quantitative estimate of drug-likeness (QED) is 0.692. The molecule has 98 valence electrons. The second kappa shape index (κ2) is 6.34. The summed E-state index contributed by atoms with van der Waals surface area (Å²) in [4.78, 5) is 19.5. The van der Waals surface area contributed by atoms with Gasteiger partial charge in [0.1, 0.15) is 5.82 Å². The Balaban J connectivity index is 1.72. The Hall–Kier alpha value is -2.63. The van der Waals surface area contributed by atoms with E-state index in [9.17, 15) is 4.79 Å². The summed E-state index contributed by atoms with van der Waals surface area (Å²) in [5.74, 6) is 0.371. The first-order valence-corrected chi connectivity index (χ1v) is 5.89. The lowest BCUT2D eigenvalue weighted by molar-refractivity contribution is 0.0955. The van der Waals surface area contributed by atoms with Gasteiger partial charge in [0.25, 0.3) is 5.91 Å². The maximum atomic E-state index is 11.7. The Morgan fingerprint density at radius 2 is 1.95 bits per heavy atom. The van der Waals surface area contributed by atoms with E-state index in [0.29, 0.717) is 24.5 Å². The first-order valence-electron chi connectivity index (χ1n) is 5.89. The standard InChI is InChI=1S/C13H15N5O/c14-12-2-1-11(9-18-12)16-7-8-17-13(19)10-3-5-15-6-4-10/h1-6,9,16H,7-8H2,(H2,14,18)(H,17,19). The van der Waals surface area contributed by atoms with E-state index >= 15 is 0 Å². The Bertz CT molecular complexity index is 526. The Morgan fingerprint density at radius 1 is 1.16 bits per heavy atom. The van der Waals surface area contributed by atoms with Crippen LogP contribution in [0.2, 0.25) is 0 Å². The summed E-state index contributed by atoms with van der Waals surface area (Å²) in [5.41, 5.74) is 6.95. The molecule has 2 rings (SSSR count). The predicted octanol–water partition coefficient (Wildman–Crippen LogP) is 0.901. The van der Waals surface area contributed by atoms with E-state index in [1.54, 1.807) is 36.8 Å². The van der Waals surface area contributed by atoms with Gasteiger partial charge in [-0.2, -0.15) is 0 Å². The van der Waals surface area contributed by atoms with Gasteiger partial charge in [0.05, 0.1) is 11.9 Å². The molecular weight excluding hydrogens is 242 g/mol. The monoisotopic (exact) mass is 257 g/mol. The average Bonchev–Trinajstić information content (AvgIpc) is 2.46. The van der Waals surface area contributed by atoms with E-state index in [-0.39, 0.29) is 5.91 Å². The molecule has 0 unspecified atom stereocenters. The number of anilines is 2. The van der Waals surface area contributed by atoms with Gasteiger partial charge in [-0.05, 0) is 24.3 Å². The van der Waals surface area contributed by atoms with Gasteiger partial charge in [-0.15, -0.1) is 0 Å². The van der Waals surface area contributed by atoms with Crippen LogP contribution in [0.4, 0.5) is 11.5 Å². The van der Waals surface area contributed by atoms with Crippen molar-refractivity contribution in [2.75, 3.05) is 24.1 Å². The van der Waals surface area contributed by atoms with Crippen molar-refractivity contribution in [3.63, 3.8) is 0 Å². The minimum atomic E-state index is -0.111. The molecule has 0 aliphatic rings. The summed E-state index contributed by atoms with van der Waals surface area (Å²) in [6.45, 7) is 1.13. The molecule has 0 saturated carbocycles. The molecule has 6 nitrogen and oxygen atoms in total. The van der Waals surface area contributed by atoms with Crippen LogP contribution >= 0.6 is 0 Å². The molecule has 0 aliphatic carbocycles. The molecule has 2 aromatic rings. The molecule has 0 aromatic carbocycles. The summed E-state index contributed by atoms with van der Waals surface area (Å²) in [7, 11) is 0. The van der Waals surface area contributed by atoms with Crippen LogP contribution in [0.25, 0.3) is 0 Å². The third kappa shape index (κ3) is 3.95. The fraction of sp³-hybridized carbons (Fsp3) is 0.154. The lowest BCUT2D eigenvalue weighted by Crippen LogP contribution is -2.28. The number of carbonyl (C=O) groups is 1. The fourth-order valence-corrected chi connectivity index (χ4v) is 1.50. The zero-order valence-electron chi connectivity index (χ0n) is 10.3. The molecular formula is C13H15N5O. The van der Waals surface area contributed by atoms with Gasteiger partial charge in [0, 0.05) is 31.0 Å². The van der Waals surface area contributed by atoms with Crippen molar-refractivity contribution in [2.24, 2.45) is 0 Å². The van der Waals surface area contributed by atoms with Gasteiger partial charge in [-0.25, -0.2) is 4.98 Å². The number of pyridine rings is 2. The van der Waals surface area contributed by atoms with Crippen LogP contribution in [0.5, 0.6) is 0 Å². The van der Waals surface area contributed by atoms with Crippen molar-refractivity contribution in [1.29, 1.82) is 0 Å². The molecule has 0 fully saturated rings. The number of nitrogens with zero attached hydrogens (tertiary/aromatic N) is 2. The highest BCUT2D eigenvalue weighted by Gasteiger charge is 2.02. The molecule has 0 spiro atoms. The second-order valence-electron chi connectivity index (χ2n) is 3.89. The first kappa shape index (κ1) is 12.8. The number of nitrogens with two attached hydrogens (primary N) is 1. The maximum absolute atomic E-state index is 11.7. The van der Waals surface area contributed by atoms with Crippen molar-refractivity contribution >= 4 is 17.4 Å². The lowest BCUT2D eigenvalue weighted by Gasteiger charge is -2.07. The molecule has 0 radical (unpaired) electrons. The normalized spacial score (nSPS) is 9.89. The van der Waals surface area contributed by atoms with E-state index in [4.69, 9.17) is 5.73 Å². The zero-order chi connectivity index (χ0) is 13.5. The van der Waals surface area contributed by atoms with Crippen molar-refractivity contribution in [2.45, 2.75) is 0 Å². The van der Waals surface area contributed by atoms with Gasteiger partial charge in [-0.1, -0.05) is 0 Å². The summed E-state index contributed by atoms with van der Waals surface area (Å²) in [6, 6.07) is 6.91. The third-order valence-corrected chi connectivity index (χ3v) is 2.47. The van der Waals surface area contributed by atoms with Gasteiger partial charge in [-0.3, -0.25) is 9.78 Å². The van der Waals surface area contributed by atoms with Crippen molar-refractivity contribution in [1.82, 2.24) is 15.3 Å². The number of hydrogen-bond acceptors (Lipinski definition) is 5. The van der Waals surface area contributed by atoms with Gasteiger partial charge < -0.3 is 16.4 Å². The minimum absolute atomic E-state index is 0.111. The fourth-order valence-electron chi connectivity index (χ4n) is 1.50. The number of hydrogen-bond donors (Lipinski definition) is 3. The zero-order valence-corrected chi connectivity index (χ0v) is 10.3. The van der Waals surface area contributed by atoms with Crippen LogP contribution in [-0.2, 0) is 0 Å². The SMILES string of the molecule is Nc1ccc(NCCNC(=O)c2ccncc2)cn1. The van der Waals surface area contributed by atoms with Gasteiger partial charge in [0.2, 0.25) is 0 Å². The van der Waals surface area contributed by atoms with Crippen molar-refractivity contribution < 1.29 is 4.79 Å². The summed E-state index contributed by atoms with van der Waals surface area (Å²) >= 11 is 0. The Morgan fingerprint density at radius 3 is 2.63 bits per heavy atom. The smallest absolute Gasteiger partial charge is 0.251 e. The first-order chi connectivity index (χ1) is 9.25. The number of carbonyl (C=O) groups excluding carboxylic acids is 1. The van der Waals surface area contributed by atoms with E-state index < -0.39 is 0 Å². The molecule has 4 N–H and O–H groups in total. The van der Waals surface area contributed by atoms with E-state index in [1.165, 1.54) is 0 Å². The third-order valence-electron chi connectivity index (χ3n) is 2.47. The van der Waals surface area contributed by atoms with E-state index in [2.05, 4.69) is 20.6 Å². The molecule has 19 heavy (non-hydrogen) atoms. The van der Waals surface area contributed by atoms with Crippen LogP contribution in [0.1, 0.15) is 10.4 Å². The largest absolute Gasteiger partial charge is 0.384 e. The number of nitrogen functional groups attached to an aromatic ring is 1. The van der Waals surface area contributed by atoms with Crippen LogP contribution in [-0.4, -0.2) is 29.0 Å². The molecule has 2 aromatic heterocycles. The summed E-state index contributed by atoms with van der Waals surface area (Å²) in [5, 5.41) is 5.94. The molecule has 2 heterocycles. The maximum Gasteiger partial charge on any atom is 0.251 e. The van der Waals surface area contributed by atoms with E-state index in [1.807, 2.05) is 6.07 Å². The molecule has 0 atom stereocenters. The molecule has 0 aliphatic heterocycles. The highest BCUT2D eigenvalue weighted by molar-refractivity contribution is 5.93. The van der Waals surface area contributed by atoms with Crippen LogP contribution in [0.3, 0.4) is 0 Å². The Labute approximate surface area is 111 Å². The predicted molar refractivity (Wildman–Crippen MR) is 73.7 cm³/mol. The lowest BCUT2D eigenvalue weighted by atomic mass is 10.2. The highest BCUT2D eigenvalue weighted by Crippen LogP contribution is 2.05. The Kier molecular flexibility index (Phi) is 4.28. The van der Waals surface area contributed by atoms with Gasteiger partial charge in [0.15, 0.2) is 0 Å². The van der Waals surface area contributed by atoms with E-state index in [0.717, 1.165) is 5.69 Å². The molecule has 6 heteroatoms. The molecule has 1 amide bonds. The minimum Gasteiger partial charge on any atom is -0.384 e. The highest BCUT2D eigenvalue weighted by atomic mass is 16.1. The topological polar surface area (TPSA) is 92.9 Å². The summed E-state index contributed by atoms with van der Waals surface area (Å²) < 4.78 is 0. The average molecular weight is 257 g/mol. The van der Waals surface area contributed by atoms with Crippen LogP contribution < -0.4 is 16.4 Å². The van der Waals surface area contributed by atoms with Crippen LogP contribution in [0.15, 0.2) is 42.9 Å². The van der Waals surface area contributed by atoms with Crippen molar-refractivity contribution in [3.05, 3.63) is 48.4 Å². The second-order valence-corrected chi connectivity index (χ2v) is 3.89. The summed E-state index contributed by atoms with van der Waals surface area (Å²) in [6.07, 6.45) is 4.83. The molecule has 0 bridgehead atoms. The molecule has 0 saturated heterocycles. The number of rotatable bonds is 5.